The number of nitrogens with one attached hydrogen (secondary N) is 1. The predicted molar refractivity (Wildman–Crippen MR) is 68.6 cm³/mol. The summed E-state index contributed by atoms with van der Waals surface area (Å²) in [5.41, 5.74) is -0.639. The second-order valence-electron chi connectivity index (χ2n) is 5.59. The number of rotatable bonds is 5. The summed E-state index contributed by atoms with van der Waals surface area (Å²) in [6.07, 6.45) is -0.387. The third kappa shape index (κ3) is 7.11. The fourth-order valence-corrected chi connectivity index (χ4v) is 1.22. The highest BCUT2D eigenvalue weighted by Crippen LogP contribution is 2.08. The smallest absolute Gasteiger partial charge is 0.408 e. The fraction of sp³-hybridized carbons (Fsp3) is 0.833. The average molecular weight is 260 g/mol. The van der Waals surface area contributed by atoms with E-state index in [-0.39, 0.29) is 6.04 Å². The van der Waals surface area contributed by atoms with Gasteiger partial charge in [0.25, 0.3) is 0 Å². The molecule has 2 atom stereocenters. The number of carbonyl (C=O) groups is 2. The molecule has 6 nitrogen and oxygen atoms in total. The van der Waals surface area contributed by atoms with Crippen molar-refractivity contribution in [2.45, 2.75) is 51.8 Å². The Morgan fingerprint density at radius 1 is 1.33 bits per heavy atom. The third-order valence-electron chi connectivity index (χ3n) is 2.45. The Labute approximate surface area is 108 Å². The molecule has 0 aromatic rings. The van der Waals surface area contributed by atoms with Crippen LogP contribution in [0.2, 0.25) is 0 Å². The molecule has 0 aliphatic heterocycles. The number of amides is 1. The molecule has 6 heteroatoms. The molecular weight excluding hydrogens is 236 g/mol. The Morgan fingerprint density at radius 2 is 1.83 bits per heavy atom. The minimum atomic E-state index is -1.06. The van der Waals surface area contributed by atoms with Gasteiger partial charge >= 0.3 is 12.1 Å². The molecule has 1 amide bonds. The number of hydrogen-bond donors (Lipinski definition) is 2. The van der Waals surface area contributed by atoms with Crippen LogP contribution in [0.5, 0.6) is 0 Å². The van der Waals surface area contributed by atoms with Crippen molar-refractivity contribution in [3.8, 4) is 0 Å². The summed E-state index contributed by atoms with van der Waals surface area (Å²) in [6.45, 7) is 7.08. The fourth-order valence-electron chi connectivity index (χ4n) is 1.22. The molecule has 0 fully saturated rings. The van der Waals surface area contributed by atoms with E-state index in [1.807, 2.05) is 25.9 Å². The van der Waals surface area contributed by atoms with Gasteiger partial charge in [0.15, 0.2) is 0 Å². The maximum Gasteiger partial charge on any atom is 0.408 e. The highest BCUT2D eigenvalue weighted by atomic mass is 16.6. The topological polar surface area (TPSA) is 78.9 Å². The zero-order chi connectivity index (χ0) is 14.5. The molecule has 0 aliphatic carbocycles. The van der Waals surface area contributed by atoms with Crippen LogP contribution in [0.15, 0.2) is 0 Å². The van der Waals surface area contributed by atoms with Gasteiger partial charge in [0.1, 0.15) is 11.6 Å². The van der Waals surface area contributed by atoms with Gasteiger partial charge in [-0.1, -0.05) is 0 Å². The molecule has 0 radical (unpaired) electrons. The quantitative estimate of drug-likeness (QED) is 0.779. The van der Waals surface area contributed by atoms with Crippen molar-refractivity contribution in [3.05, 3.63) is 0 Å². The minimum absolute atomic E-state index is 0.0426. The standard InChI is InChI=1S/C12H24N2O4/c1-8(14(5)6)7-9(10(15)16)13-11(17)18-12(2,3)4/h8-9H,7H2,1-6H3,(H,13,17)(H,15,16). The monoisotopic (exact) mass is 260 g/mol. The van der Waals surface area contributed by atoms with Crippen LogP contribution in [0.25, 0.3) is 0 Å². The molecule has 0 saturated carbocycles. The molecular formula is C12H24N2O4. The number of ether oxygens (including phenoxy) is 1. The number of hydrogen-bond acceptors (Lipinski definition) is 4. The van der Waals surface area contributed by atoms with E-state index in [1.165, 1.54) is 0 Å². The van der Waals surface area contributed by atoms with Gasteiger partial charge in [0.2, 0.25) is 0 Å². The summed E-state index contributed by atoms with van der Waals surface area (Å²) in [5, 5.41) is 11.4. The zero-order valence-electron chi connectivity index (χ0n) is 12.0. The van der Waals surface area contributed by atoms with E-state index in [0.29, 0.717) is 6.42 Å². The Hall–Kier alpha value is -1.30. The van der Waals surface area contributed by atoms with Gasteiger partial charge < -0.3 is 20.1 Å². The number of carbonyl (C=O) groups excluding carboxylic acids is 1. The zero-order valence-corrected chi connectivity index (χ0v) is 12.0. The molecule has 0 bridgehead atoms. The first-order valence-electron chi connectivity index (χ1n) is 5.91. The van der Waals surface area contributed by atoms with E-state index in [0.717, 1.165) is 0 Å². The lowest BCUT2D eigenvalue weighted by atomic mass is 10.1. The van der Waals surface area contributed by atoms with E-state index >= 15 is 0 Å². The van der Waals surface area contributed by atoms with Crippen LogP contribution in [0, 0.1) is 0 Å². The third-order valence-corrected chi connectivity index (χ3v) is 2.45. The molecule has 0 aromatic heterocycles. The molecule has 106 valence electrons. The molecule has 2 N–H and O–H groups in total. The summed E-state index contributed by atoms with van der Waals surface area (Å²) >= 11 is 0. The van der Waals surface area contributed by atoms with E-state index < -0.39 is 23.7 Å². The minimum Gasteiger partial charge on any atom is -0.480 e. The van der Waals surface area contributed by atoms with Crippen molar-refractivity contribution in [1.82, 2.24) is 10.2 Å². The molecule has 0 aliphatic rings. The molecule has 18 heavy (non-hydrogen) atoms. The largest absolute Gasteiger partial charge is 0.480 e. The number of carboxylic acids is 1. The first-order chi connectivity index (χ1) is 8.03. The number of carboxylic acid groups (broad SMARTS) is 1. The van der Waals surface area contributed by atoms with Gasteiger partial charge in [0, 0.05) is 6.04 Å². The lowest BCUT2D eigenvalue weighted by molar-refractivity contribution is -0.140. The average Bonchev–Trinajstić information content (AvgIpc) is 2.12. The van der Waals surface area contributed by atoms with Crippen LogP contribution in [0.3, 0.4) is 0 Å². The van der Waals surface area contributed by atoms with E-state index in [9.17, 15) is 9.59 Å². The van der Waals surface area contributed by atoms with Crippen LogP contribution in [-0.2, 0) is 9.53 Å². The maximum atomic E-state index is 11.5. The number of alkyl carbamates (subject to hydrolysis) is 1. The highest BCUT2D eigenvalue weighted by Gasteiger charge is 2.25. The summed E-state index contributed by atoms with van der Waals surface area (Å²) in [7, 11) is 3.72. The molecule has 2 unspecified atom stereocenters. The van der Waals surface area contributed by atoms with Gasteiger partial charge in [0.05, 0.1) is 0 Å². The van der Waals surface area contributed by atoms with Crippen molar-refractivity contribution < 1.29 is 19.4 Å². The Balaban J connectivity index is 4.46. The van der Waals surface area contributed by atoms with E-state index in [2.05, 4.69) is 5.32 Å². The van der Waals surface area contributed by atoms with Crippen LogP contribution < -0.4 is 5.32 Å². The van der Waals surface area contributed by atoms with Crippen LogP contribution in [0.1, 0.15) is 34.1 Å². The lowest BCUT2D eigenvalue weighted by Gasteiger charge is -2.25. The van der Waals surface area contributed by atoms with Crippen molar-refractivity contribution in [2.24, 2.45) is 0 Å². The van der Waals surface area contributed by atoms with Crippen LogP contribution >= 0.6 is 0 Å². The summed E-state index contributed by atoms with van der Waals surface area (Å²) in [4.78, 5) is 24.5. The second kappa shape index (κ2) is 6.58. The van der Waals surface area contributed by atoms with Gasteiger partial charge in [-0.2, -0.15) is 0 Å². The van der Waals surface area contributed by atoms with Gasteiger partial charge in [-0.05, 0) is 48.2 Å². The van der Waals surface area contributed by atoms with Crippen LogP contribution in [-0.4, -0.2) is 53.8 Å². The Kier molecular flexibility index (Phi) is 6.11. The summed E-state index contributed by atoms with van der Waals surface area (Å²) in [6, 6.07) is -0.904. The van der Waals surface area contributed by atoms with Crippen LogP contribution in [0.4, 0.5) is 4.79 Å². The van der Waals surface area contributed by atoms with Gasteiger partial charge in [-0.15, -0.1) is 0 Å². The normalized spacial score (nSPS) is 15.1. The first-order valence-corrected chi connectivity index (χ1v) is 5.91. The Bertz CT molecular complexity index is 297. The van der Waals surface area contributed by atoms with Crippen molar-refractivity contribution in [2.75, 3.05) is 14.1 Å². The van der Waals surface area contributed by atoms with Gasteiger partial charge in [-0.3, -0.25) is 0 Å². The highest BCUT2D eigenvalue weighted by molar-refractivity contribution is 5.80. The molecule has 0 spiro atoms. The second-order valence-corrected chi connectivity index (χ2v) is 5.59. The Morgan fingerprint density at radius 3 is 2.17 bits per heavy atom. The van der Waals surface area contributed by atoms with E-state index in [4.69, 9.17) is 9.84 Å². The van der Waals surface area contributed by atoms with Crippen molar-refractivity contribution in [1.29, 1.82) is 0 Å². The summed E-state index contributed by atoms with van der Waals surface area (Å²) < 4.78 is 5.03. The first kappa shape index (κ1) is 16.7. The van der Waals surface area contributed by atoms with Crippen molar-refractivity contribution >= 4 is 12.1 Å². The van der Waals surface area contributed by atoms with E-state index in [1.54, 1.807) is 20.8 Å². The molecule has 0 rings (SSSR count). The SMILES string of the molecule is CC(CC(NC(=O)OC(C)(C)C)C(=O)O)N(C)C. The predicted octanol–water partition coefficient (Wildman–Crippen LogP) is 1.30. The maximum absolute atomic E-state index is 11.5. The number of nitrogens with zero attached hydrogens (tertiary/aromatic N) is 1. The molecule has 0 heterocycles. The molecule has 0 aromatic carbocycles. The lowest BCUT2D eigenvalue weighted by Crippen LogP contribution is -2.46. The van der Waals surface area contributed by atoms with Crippen molar-refractivity contribution in [3.63, 3.8) is 0 Å². The summed E-state index contributed by atoms with van der Waals surface area (Å²) in [5.74, 6) is -1.06. The van der Waals surface area contributed by atoms with Gasteiger partial charge in [-0.25, -0.2) is 9.59 Å². The molecule has 0 saturated heterocycles. The number of aliphatic carboxylic acids is 1.